The van der Waals surface area contributed by atoms with Crippen molar-refractivity contribution in [1.82, 2.24) is 10.2 Å². The maximum absolute atomic E-state index is 11.0. The smallest absolute Gasteiger partial charge is 0.193 e. The van der Waals surface area contributed by atoms with Crippen LogP contribution in [-0.2, 0) is 24.0 Å². The molecule has 0 aromatic carbocycles. The number of nitrogens with zero attached hydrogens (tertiary/aromatic N) is 2. The lowest BCUT2D eigenvalue weighted by molar-refractivity contribution is -0.0817. The normalized spacial score (nSPS) is 25.9. The molecule has 9 heteroatoms. The topological polar surface area (TPSA) is 89.5 Å². The van der Waals surface area contributed by atoms with Crippen LogP contribution in [0.25, 0.3) is 0 Å². The van der Waals surface area contributed by atoms with Crippen LogP contribution in [0.1, 0.15) is 12.8 Å². The van der Waals surface area contributed by atoms with Crippen molar-refractivity contribution in [2.24, 2.45) is 4.99 Å². The van der Waals surface area contributed by atoms with E-state index in [2.05, 4.69) is 15.2 Å². The molecule has 2 rings (SSSR count). The summed E-state index contributed by atoms with van der Waals surface area (Å²) in [5, 5.41) is 3.25. The molecule has 2 unspecified atom stereocenters. The molecule has 0 aromatic rings. The number of hydrogen-bond acceptors (Lipinski definition) is 6. The van der Waals surface area contributed by atoms with Gasteiger partial charge in [-0.3, -0.25) is 4.99 Å². The van der Waals surface area contributed by atoms with Crippen molar-refractivity contribution in [3.05, 3.63) is 0 Å². The Labute approximate surface area is 144 Å². The van der Waals surface area contributed by atoms with Gasteiger partial charge in [0.2, 0.25) is 0 Å². The Morgan fingerprint density at radius 3 is 2.75 bits per heavy atom. The molecular formula is C15H29N3O5S. The van der Waals surface area contributed by atoms with E-state index >= 15 is 0 Å². The predicted molar refractivity (Wildman–Crippen MR) is 92.2 cm³/mol. The highest BCUT2D eigenvalue weighted by Crippen LogP contribution is 2.20. The molecule has 0 spiro atoms. The lowest BCUT2D eigenvalue weighted by atomic mass is 10.1. The number of hydrogen-bond donors (Lipinski definition) is 1. The third-order valence-electron chi connectivity index (χ3n) is 4.11. The summed E-state index contributed by atoms with van der Waals surface area (Å²) in [5.41, 5.74) is 0. The van der Waals surface area contributed by atoms with Crippen molar-refractivity contribution in [1.29, 1.82) is 0 Å². The molecule has 2 aliphatic rings. The van der Waals surface area contributed by atoms with Gasteiger partial charge in [0.1, 0.15) is 15.9 Å². The quantitative estimate of drug-likeness (QED) is 0.371. The first-order valence-electron chi connectivity index (χ1n) is 8.44. The van der Waals surface area contributed by atoms with Gasteiger partial charge in [0, 0.05) is 39.5 Å². The van der Waals surface area contributed by atoms with Crippen LogP contribution in [0, 0.1) is 0 Å². The Morgan fingerprint density at radius 2 is 2.08 bits per heavy atom. The van der Waals surface area contributed by atoms with E-state index in [4.69, 9.17) is 14.2 Å². The van der Waals surface area contributed by atoms with E-state index in [0.29, 0.717) is 19.8 Å². The van der Waals surface area contributed by atoms with Crippen LogP contribution in [0.5, 0.6) is 0 Å². The molecule has 140 valence electrons. The van der Waals surface area contributed by atoms with E-state index in [1.54, 1.807) is 7.05 Å². The third-order valence-corrected chi connectivity index (χ3v) is 5.02. The van der Waals surface area contributed by atoms with E-state index in [9.17, 15) is 8.42 Å². The Hall–Kier alpha value is -0.900. The fourth-order valence-corrected chi connectivity index (χ4v) is 3.29. The van der Waals surface area contributed by atoms with Crippen molar-refractivity contribution in [3.63, 3.8) is 0 Å². The van der Waals surface area contributed by atoms with Crippen LogP contribution in [0.3, 0.4) is 0 Å². The fraction of sp³-hybridized carbons (Fsp3) is 0.933. The summed E-state index contributed by atoms with van der Waals surface area (Å²) in [6.45, 7) is 4.28. The van der Waals surface area contributed by atoms with E-state index in [-0.39, 0.29) is 24.6 Å². The van der Waals surface area contributed by atoms with Crippen LogP contribution >= 0.6 is 0 Å². The molecule has 1 N–H and O–H groups in total. The van der Waals surface area contributed by atoms with Gasteiger partial charge in [-0.25, -0.2) is 8.42 Å². The molecule has 2 heterocycles. The van der Waals surface area contributed by atoms with Crippen LogP contribution in [0.2, 0.25) is 0 Å². The minimum absolute atomic E-state index is 0.0499. The monoisotopic (exact) mass is 363 g/mol. The van der Waals surface area contributed by atoms with Crippen LogP contribution in [0.15, 0.2) is 4.99 Å². The highest BCUT2D eigenvalue weighted by molar-refractivity contribution is 7.90. The van der Waals surface area contributed by atoms with Crippen LogP contribution in [-0.4, -0.2) is 96.6 Å². The van der Waals surface area contributed by atoms with E-state index in [0.717, 1.165) is 38.5 Å². The minimum atomic E-state index is -2.97. The molecule has 2 saturated heterocycles. The van der Waals surface area contributed by atoms with Gasteiger partial charge in [-0.05, 0) is 12.8 Å². The average Bonchev–Trinajstić information content (AvgIpc) is 3.08. The molecule has 8 nitrogen and oxygen atoms in total. The summed E-state index contributed by atoms with van der Waals surface area (Å²) >= 11 is 0. The molecule has 0 aliphatic carbocycles. The SMILES string of the molecule is CN=C(NCCOCCS(C)(=O)=O)N1CCOC(C2CCCO2)C1. The van der Waals surface area contributed by atoms with Gasteiger partial charge in [-0.2, -0.15) is 0 Å². The van der Waals surface area contributed by atoms with Gasteiger partial charge < -0.3 is 24.4 Å². The Kier molecular flexibility index (Phi) is 7.73. The predicted octanol–water partition coefficient (Wildman–Crippen LogP) is -0.497. The van der Waals surface area contributed by atoms with E-state index < -0.39 is 9.84 Å². The lowest BCUT2D eigenvalue weighted by Gasteiger charge is -2.37. The molecule has 2 fully saturated rings. The van der Waals surface area contributed by atoms with Crippen molar-refractivity contribution in [2.45, 2.75) is 25.0 Å². The summed E-state index contributed by atoms with van der Waals surface area (Å²) in [5.74, 6) is 0.863. The maximum Gasteiger partial charge on any atom is 0.193 e. The summed E-state index contributed by atoms with van der Waals surface area (Å²) < 4.78 is 38.9. The lowest BCUT2D eigenvalue weighted by Crippen LogP contribution is -2.53. The summed E-state index contributed by atoms with van der Waals surface area (Å²) in [7, 11) is -1.21. The number of morpholine rings is 1. The van der Waals surface area contributed by atoms with Crippen molar-refractivity contribution < 1.29 is 22.6 Å². The fourth-order valence-electron chi connectivity index (χ4n) is 2.87. The zero-order valence-electron chi connectivity index (χ0n) is 14.6. The molecule has 0 aromatic heterocycles. The molecule has 2 atom stereocenters. The Balaban J connectivity index is 1.69. The molecule has 0 radical (unpaired) electrons. The van der Waals surface area contributed by atoms with Gasteiger partial charge >= 0.3 is 0 Å². The van der Waals surface area contributed by atoms with Gasteiger partial charge in [0.05, 0.1) is 31.7 Å². The second-order valence-corrected chi connectivity index (χ2v) is 8.38. The number of nitrogens with one attached hydrogen (secondary N) is 1. The molecule has 0 saturated carbocycles. The van der Waals surface area contributed by atoms with Gasteiger partial charge in [-0.15, -0.1) is 0 Å². The Morgan fingerprint density at radius 1 is 1.29 bits per heavy atom. The minimum Gasteiger partial charge on any atom is -0.379 e. The second-order valence-electron chi connectivity index (χ2n) is 6.12. The number of rotatable bonds is 7. The second kappa shape index (κ2) is 9.55. The molecule has 2 aliphatic heterocycles. The summed E-state index contributed by atoms with van der Waals surface area (Å²) in [6, 6.07) is 0. The first-order valence-corrected chi connectivity index (χ1v) is 10.5. The largest absolute Gasteiger partial charge is 0.379 e. The standard InChI is InChI=1S/C15H29N3O5S/c1-16-15(17-5-8-21-10-11-24(2,19)20)18-6-9-23-14(12-18)13-4-3-7-22-13/h13-14H,3-12H2,1-2H3,(H,16,17). The molecule has 24 heavy (non-hydrogen) atoms. The first kappa shape index (κ1) is 19.4. The average molecular weight is 363 g/mol. The maximum atomic E-state index is 11.0. The molecule has 0 bridgehead atoms. The Bertz CT molecular complexity index is 505. The number of ether oxygens (including phenoxy) is 3. The third kappa shape index (κ3) is 6.54. The zero-order chi connectivity index (χ0) is 17.4. The highest BCUT2D eigenvalue weighted by atomic mass is 32.2. The summed E-state index contributed by atoms with van der Waals surface area (Å²) in [6.07, 6.45) is 3.64. The number of sulfone groups is 1. The van der Waals surface area contributed by atoms with Crippen molar-refractivity contribution in [3.8, 4) is 0 Å². The van der Waals surface area contributed by atoms with E-state index in [1.165, 1.54) is 6.26 Å². The molecule has 0 amide bonds. The molecular weight excluding hydrogens is 334 g/mol. The number of guanidine groups is 1. The highest BCUT2D eigenvalue weighted by Gasteiger charge is 2.32. The van der Waals surface area contributed by atoms with Gasteiger partial charge in [0.25, 0.3) is 0 Å². The number of aliphatic imine (C=N–C) groups is 1. The van der Waals surface area contributed by atoms with E-state index in [1.807, 2.05) is 0 Å². The van der Waals surface area contributed by atoms with Crippen LogP contribution < -0.4 is 5.32 Å². The van der Waals surface area contributed by atoms with Crippen LogP contribution in [0.4, 0.5) is 0 Å². The summed E-state index contributed by atoms with van der Waals surface area (Å²) in [4.78, 5) is 6.49. The first-order chi connectivity index (χ1) is 11.5. The zero-order valence-corrected chi connectivity index (χ0v) is 15.4. The van der Waals surface area contributed by atoms with Gasteiger partial charge in [0.15, 0.2) is 5.96 Å². The van der Waals surface area contributed by atoms with Gasteiger partial charge in [-0.1, -0.05) is 0 Å². The van der Waals surface area contributed by atoms with Crippen molar-refractivity contribution >= 4 is 15.8 Å². The van der Waals surface area contributed by atoms with Crippen molar-refractivity contribution in [2.75, 3.05) is 65.1 Å².